The minimum Gasteiger partial charge on any atom is -0.393 e. The Morgan fingerprint density at radius 2 is 1.03 bits per heavy atom. The van der Waals surface area contributed by atoms with Gasteiger partial charge in [-0.05, 0) is 57.8 Å². The fourth-order valence-electron chi connectivity index (χ4n) is 4.42. The van der Waals surface area contributed by atoms with Crippen molar-refractivity contribution in [2.24, 2.45) is 0 Å². The van der Waals surface area contributed by atoms with E-state index in [1.165, 1.54) is 89.9 Å². The van der Waals surface area contributed by atoms with E-state index in [1.807, 2.05) is 12.2 Å². The molecule has 0 heterocycles. The Morgan fingerprint density at radius 1 is 0.500 bits per heavy atom. The highest BCUT2D eigenvalue weighted by Gasteiger charge is 2.01. The maximum absolute atomic E-state index is 10.1. The van der Waals surface area contributed by atoms with Crippen molar-refractivity contribution in [1.29, 1.82) is 0 Å². The normalized spacial score (nSPS) is 14.2. The van der Waals surface area contributed by atoms with Gasteiger partial charge in [-0.25, -0.2) is 0 Å². The Bertz CT molecular complexity index is 531. The SMILES string of the molecule is CC/C=C\CC(O)/C=C/CCCCC(O)C/C=C\C/C=C\CCCCCCCCCCCCCCC. The molecule has 210 valence electrons. The first-order valence-electron chi connectivity index (χ1n) is 15.7. The Morgan fingerprint density at radius 3 is 1.67 bits per heavy atom. The first kappa shape index (κ1) is 34.9. The summed E-state index contributed by atoms with van der Waals surface area (Å²) in [5, 5.41) is 19.9. The predicted molar refractivity (Wildman–Crippen MR) is 161 cm³/mol. The van der Waals surface area contributed by atoms with Crippen molar-refractivity contribution < 1.29 is 10.2 Å². The molecular weight excluding hydrogens is 440 g/mol. The Kier molecular flexibility index (Phi) is 29.2. The summed E-state index contributed by atoms with van der Waals surface area (Å²) in [4.78, 5) is 0. The lowest BCUT2D eigenvalue weighted by molar-refractivity contribution is 0.164. The van der Waals surface area contributed by atoms with E-state index in [-0.39, 0.29) is 12.2 Å². The van der Waals surface area contributed by atoms with Crippen molar-refractivity contribution in [1.82, 2.24) is 0 Å². The van der Waals surface area contributed by atoms with Gasteiger partial charge in [-0.1, -0.05) is 146 Å². The molecule has 2 nitrogen and oxygen atoms in total. The molecule has 0 bridgehead atoms. The van der Waals surface area contributed by atoms with Crippen molar-refractivity contribution in [3.05, 3.63) is 48.6 Å². The lowest BCUT2D eigenvalue weighted by Crippen LogP contribution is -2.04. The number of aliphatic hydroxyl groups is 2. The lowest BCUT2D eigenvalue weighted by atomic mass is 10.0. The van der Waals surface area contributed by atoms with Gasteiger partial charge in [0.2, 0.25) is 0 Å². The van der Waals surface area contributed by atoms with Gasteiger partial charge in [-0.3, -0.25) is 0 Å². The van der Waals surface area contributed by atoms with E-state index < -0.39 is 0 Å². The standard InChI is InChI=1S/C34H62O2/c1-3-5-7-8-9-10-11-12-13-14-15-16-17-18-19-20-21-22-26-30-34(36)32-28-24-23-27-31-33(35)29-25-6-4-2/h6,19-20,22,25-27,31,33-36H,3-5,7-18,21,23-24,28-30,32H2,1-2H3/b20-19-,25-6-,26-22-,31-27+. The first-order chi connectivity index (χ1) is 17.7. The van der Waals surface area contributed by atoms with Gasteiger partial charge in [0, 0.05) is 0 Å². The molecule has 0 spiro atoms. The third kappa shape index (κ3) is 29.1. The molecule has 0 amide bonds. The van der Waals surface area contributed by atoms with Gasteiger partial charge in [0.1, 0.15) is 0 Å². The zero-order valence-corrected chi connectivity index (χ0v) is 24.2. The van der Waals surface area contributed by atoms with Crippen molar-refractivity contribution in [2.45, 2.75) is 167 Å². The summed E-state index contributed by atoms with van der Waals surface area (Å²) in [6.45, 7) is 4.39. The number of hydrogen-bond acceptors (Lipinski definition) is 2. The minimum atomic E-state index is -0.369. The molecule has 36 heavy (non-hydrogen) atoms. The fourth-order valence-corrected chi connectivity index (χ4v) is 4.42. The van der Waals surface area contributed by atoms with Crippen molar-refractivity contribution in [3.63, 3.8) is 0 Å². The maximum atomic E-state index is 10.1. The highest BCUT2D eigenvalue weighted by Crippen LogP contribution is 2.13. The monoisotopic (exact) mass is 502 g/mol. The molecular formula is C34H62O2. The summed E-state index contributed by atoms with van der Waals surface area (Å²) in [6.07, 6.45) is 43.3. The summed E-state index contributed by atoms with van der Waals surface area (Å²) in [5.41, 5.74) is 0. The molecule has 0 aromatic heterocycles. The molecule has 0 saturated heterocycles. The van der Waals surface area contributed by atoms with Gasteiger partial charge >= 0.3 is 0 Å². The van der Waals surface area contributed by atoms with Gasteiger partial charge in [0.15, 0.2) is 0 Å². The zero-order valence-electron chi connectivity index (χ0n) is 24.2. The molecule has 2 heteroatoms. The molecule has 0 rings (SSSR count). The highest BCUT2D eigenvalue weighted by molar-refractivity contribution is 4.95. The second-order valence-electron chi connectivity index (χ2n) is 10.5. The molecule has 0 aliphatic carbocycles. The number of rotatable bonds is 27. The Labute approximate surface area is 226 Å². The lowest BCUT2D eigenvalue weighted by Gasteiger charge is -2.06. The second-order valence-corrected chi connectivity index (χ2v) is 10.5. The van der Waals surface area contributed by atoms with Crippen LogP contribution in [-0.2, 0) is 0 Å². The average Bonchev–Trinajstić information content (AvgIpc) is 2.87. The Balaban J connectivity index is 3.41. The van der Waals surface area contributed by atoms with E-state index in [0.717, 1.165) is 44.9 Å². The van der Waals surface area contributed by atoms with Gasteiger partial charge in [-0.2, -0.15) is 0 Å². The molecule has 2 unspecified atom stereocenters. The van der Waals surface area contributed by atoms with E-state index in [1.54, 1.807) is 0 Å². The van der Waals surface area contributed by atoms with Crippen LogP contribution in [0.2, 0.25) is 0 Å². The van der Waals surface area contributed by atoms with Crippen LogP contribution in [0.1, 0.15) is 155 Å². The van der Waals surface area contributed by atoms with Crippen molar-refractivity contribution in [3.8, 4) is 0 Å². The van der Waals surface area contributed by atoms with E-state index in [0.29, 0.717) is 6.42 Å². The van der Waals surface area contributed by atoms with Gasteiger partial charge in [-0.15, -0.1) is 0 Å². The largest absolute Gasteiger partial charge is 0.393 e. The summed E-state index contributed by atoms with van der Waals surface area (Å²) in [5.74, 6) is 0. The number of unbranched alkanes of at least 4 members (excludes halogenated alkanes) is 15. The Hall–Kier alpha value is -1.12. The second kappa shape index (κ2) is 30.1. The van der Waals surface area contributed by atoms with Gasteiger partial charge < -0.3 is 10.2 Å². The first-order valence-corrected chi connectivity index (χ1v) is 15.7. The average molecular weight is 503 g/mol. The summed E-state index contributed by atoms with van der Waals surface area (Å²) < 4.78 is 0. The molecule has 2 N–H and O–H groups in total. The number of allylic oxidation sites excluding steroid dienone is 5. The van der Waals surface area contributed by atoms with Crippen LogP contribution < -0.4 is 0 Å². The van der Waals surface area contributed by atoms with Crippen LogP contribution in [0.15, 0.2) is 48.6 Å². The molecule has 0 aromatic carbocycles. The predicted octanol–water partition coefficient (Wildman–Crippen LogP) is 10.6. The van der Waals surface area contributed by atoms with Crippen LogP contribution in [0.5, 0.6) is 0 Å². The minimum absolute atomic E-state index is 0.232. The number of aliphatic hydroxyl groups excluding tert-OH is 2. The molecule has 0 aliphatic heterocycles. The van der Waals surface area contributed by atoms with E-state index in [9.17, 15) is 10.2 Å². The maximum Gasteiger partial charge on any atom is 0.0755 e. The van der Waals surface area contributed by atoms with Crippen LogP contribution in [-0.4, -0.2) is 22.4 Å². The van der Waals surface area contributed by atoms with Crippen molar-refractivity contribution >= 4 is 0 Å². The van der Waals surface area contributed by atoms with Crippen LogP contribution >= 0.6 is 0 Å². The molecule has 0 aliphatic rings. The number of hydrogen-bond donors (Lipinski definition) is 2. The van der Waals surface area contributed by atoms with Gasteiger partial charge in [0.05, 0.1) is 12.2 Å². The third-order valence-corrected chi connectivity index (χ3v) is 6.78. The van der Waals surface area contributed by atoms with E-state index >= 15 is 0 Å². The molecule has 0 fully saturated rings. The smallest absolute Gasteiger partial charge is 0.0755 e. The third-order valence-electron chi connectivity index (χ3n) is 6.78. The summed E-state index contributed by atoms with van der Waals surface area (Å²) in [7, 11) is 0. The summed E-state index contributed by atoms with van der Waals surface area (Å²) >= 11 is 0. The molecule has 0 saturated carbocycles. The highest BCUT2D eigenvalue weighted by atomic mass is 16.3. The topological polar surface area (TPSA) is 40.5 Å². The van der Waals surface area contributed by atoms with Crippen LogP contribution in [0.4, 0.5) is 0 Å². The zero-order chi connectivity index (χ0) is 26.4. The quantitative estimate of drug-likeness (QED) is 0.0866. The van der Waals surface area contributed by atoms with Gasteiger partial charge in [0.25, 0.3) is 0 Å². The molecule has 2 atom stereocenters. The van der Waals surface area contributed by atoms with Crippen molar-refractivity contribution in [2.75, 3.05) is 0 Å². The van der Waals surface area contributed by atoms with Crippen LogP contribution in [0.3, 0.4) is 0 Å². The van der Waals surface area contributed by atoms with E-state index in [4.69, 9.17) is 0 Å². The van der Waals surface area contributed by atoms with Crippen LogP contribution in [0, 0.1) is 0 Å². The summed E-state index contributed by atoms with van der Waals surface area (Å²) in [6, 6.07) is 0. The van der Waals surface area contributed by atoms with E-state index in [2.05, 4.69) is 50.3 Å². The fraction of sp³-hybridized carbons (Fsp3) is 0.765. The molecule has 0 radical (unpaired) electrons. The van der Waals surface area contributed by atoms with Crippen LogP contribution in [0.25, 0.3) is 0 Å². The molecule has 0 aromatic rings.